The van der Waals surface area contributed by atoms with Crippen molar-refractivity contribution in [3.05, 3.63) is 47.9 Å². The SMILES string of the molecule is OC[C@H]1O[C@@H](n2cnc3c2NC=NC3(O)SCc2ccccc2)[C@H](O)[C@@H]1O. The zero-order valence-corrected chi connectivity index (χ0v) is 15.0. The van der Waals surface area contributed by atoms with E-state index >= 15 is 0 Å². The summed E-state index contributed by atoms with van der Waals surface area (Å²) in [5, 5.41) is 41.8. The van der Waals surface area contributed by atoms with Crippen LogP contribution in [0.5, 0.6) is 0 Å². The Morgan fingerprint density at radius 2 is 2.00 bits per heavy atom. The minimum atomic E-state index is -1.60. The van der Waals surface area contributed by atoms with Crippen LogP contribution >= 0.6 is 11.8 Å². The fourth-order valence-corrected chi connectivity index (χ4v) is 4.12. The van der Waals surface area contributed by atoms with Gasteiger partial charge in [0, 0.05) is 5.75 Å². The fraction of sp³-hybridized carbons (Fsp3) is 0.412. The van der Waals surface area contributed by atoms with Gasteiger partial charge in [0.15, 0.2) is 6.23 Å². The highest BCUT2D eigenvalue weighted by Crippen LogP contribution is 2.43. The van der Waals surface area contributed by atoms with Crippen LogP contribution in [0, 0.1) is 0 Å². The van der Waals surface area contributed by atoms with E-state index in [1.165, 1.54) is 29.0 Å². The predicted molar refractivity (Wildman–Crippen MR) is 99.0 cm³/mol. The number of benzene rings is 1. The molecule has 1 saturated heterocycles. The second-order valence-corrected chi connectivity index (χ2v) is 7.51. The second kappa shape index (κ2) is 7.23. The van der Waals surface area contributed by atoms with Crippen LogP contribution in [0.4, 0.5) is 5.82 Å². The maximum Gasteiger partial charge on any atom is 0.254 e. The Morgan fingerprint density at radius 1 is 1.22 bits per heavy atom. The van der Waals surface area contributed by atoms with Crippen LogP contribution in [0.2, 0.25) is 0 Å². The van der Waals surface area contributed by atoms with Crippen LogP contribution in [0.25, 0.3) is 0 Å². The Balaban J connectivity index is 1.59. The van der Waals surface area contributed by atoms with E-state index < -0.39 is 36.2 Å². The molecule has 5 atom stereocenters. The van der Waals surface area contributed by atoms with Gasteiger partial charge in [-0.3, -0.25) is 4.57 Å². The molecule has 1 aromatic heterocycles. The van der Waals surface area contributed by atoms with Crippen LogP contribution in [-0.2, 0) is 15.5 Å². The first-order valence-corrected chi connectivity index (χ1v) is 9.42. The van der Waals surface area contributed by atoms with Crippen molar-refractivity contribution in [2.45, 2.75) is 35.3 Å². The van der Waals surface area contributed by atoms with E-state index in [0.29, 0.717) is 11.6 Å². The van der Waals surface area contributed by atoms with Crippen molar-refractivity contribution in [1.82, 2.24) is 9.55 Å². The van der Waals surface area contributed by atoms with Gasteiger partial charge in [0.2, 0.25) is 0 Å². The Labute approximate surface area is 159 Å². The molecule has 4 rings (SSSR count). The van der Waals surface area contributed by atoms with E-state index in [1.807, 2.05) is 30.3 Å². The third kappa shape index (κ3) is 3.24. The summed E-state index contributed by atoms with van der Waals surface area (Å²) in [6, 6.07) is 9.69. The van der Waals surface area contributed by atoms with Gasteiger partial charge >= 0.3 is 0 Å². The summed E-state index contributed by atoms with van der Waals surface area (Å²) in [7, 11) is 0. The van der Waals surface area contributed by atoms with Crippen LogP contribution in [0.15, 0.2) is 41.7 Å². The molecule has 144 valence electrons. The lowest BCUT2D eigenvalue weighted by Crippen LogP contribution is -2.33. The Hall–Kier alpha value is -1.95. The zero-order valence-electron chi connectivity index (χ0n) is 14.2. The fourth-order valence-electron chi connectivity index (χ4n) is 3.15. The van der Waals surface area contributed by atoms with Crippen LogP contribution < -0.4 is 5.32 Å². The minimum absolute atomic E-state index is 0.281. The average Bonchev–Trinajstić information content (AvgIpc) is 3.24. The average molecular weight is 392 g/mol. The molecule has 5 N–H and O–H groups in total. The summed E-state index contributed by atoms with van der Waals surface area (Å²) in [6.45, 7) is -0.419. The number of thioether (sulfide) groups is 1. The monoisotopic (exact) mass is 392 g/mol. The smallest absolute Gasteiger partial charge is 0.254 e. The molecule has 2 aliphatic heterocycles. The molecule has 10 heteroatoms. The normalized spacial score (nSPS) is 32.3. The lowest BCUT2D eigenvalue weighted by Gasteiger charge is -2.27. The van der Waals surface area contributed by atoms with Crippen molar-refractivity contribution in [3.8, 4) is 0 Å². The number of hydrogen-bond donors (Lipinski definition) is 5. The molecule has 0 radical (unpaired) electrons. The number of aliphatic hydroxyl groups excluding tert-OH is 3. The number of nitrogens with zero attached hydrogens (tertiary/aromatic N) is 3. The van der Waals surface area contributed by atoms with Gasteiger partial charge < -0.3 is 30.5 Å². The Morgan fingerprint density at radius 3 is 2.70 bits per heavy atom. The quantitative estimate of drug-likeness (QED) is 0.449. The largest absolute Gasteiger partial charge is 0.394 e. The van der Waals surface area contributed by atoms with Gasteiger partial charge in [-0.15, -0.1) is 0 Å². The number of aromatic nitrogens is 2. The summed E-state index contributed by atoms with van der Waals surface area (Å²) in [4.78, 5) is 8.39. The van der Waals surface area contributed by atoms with Crippen molar-refractivity contribution in [2.24, 2.45) is 4.99 Å². The van der Waals surface area contributed by atoms with Gasteiger partial charge in [-0.25, -0.2) is 9.98 Å². The molecule has 2 aromatic rings. The molecule has 0 saturated carbocycles. The number of ether oxygens (including phenoxy) is 1. The molecule has 1 aromatic carbocycles. The van der Waals surface area contributed by atoms with E-state index in [1.54, 1.807) is 0 Å². The number of nitrogens with one attached hydrogen (secondary N) is 1. The van der Waals surface area contributed by atoms with Gasteiger partial charge in [-0.05, 0) is 5.56 Å². The highest BCUT2D eigenvalue weighted by atomic mass is 32.2. The third-order valence-corrected chi connectivity index (χ3v) is 5.80. The van der Waals surface area contributed by atoms with E-state index in [2.05, 4.69) is 15.3 Å². The molecular weight excluding hydrogens is 372 g/mol. The van der Waals surface area contributed by atoms with Crippen molar-refractivity contribution >= 4 is 23.9 Å². The van der Waals surface area contributed by atoms with Gasteiger partial charge in [-0.1, -0.05) is 42.1 Å². The molecule has 3 heterocycles. The molecule has 27 heavy (non-hydrogen) atoms. The zero-order chi connectivity index (χ0) is 19.0. The molecule has 1 unspecified atom stereocenters. The third-order valence-electron chi connectivity index (χ3n) is 4.62. The number of imidazole rings is 1. The lowest BCUT2D eigenvalue weighted by atomic mass is 10.1. The Bertz CT molecular complexity index is 832. The Kier molecular flexibility index (Phi) is 4.93. The van der Waals surface area contributed by atoms with Crippen LogP contribution in [0.3, 0.4) is 0 Å². The van der Waals surface area contributed by atoms with E-state index in [0.717, 1.165) is 5.56 Å². The topological polar surface area (TPSA) is 132 Å². The highest BCUT2D eigenvalue weighted by molar-refractivity contribution is 7.99. The molecule has 9 nitrogen and oxygen atoms in total. The minimum Gasteiger partial charge on any atom is -0.394 e. The van der Waals surface area contributed by atoms with E-state index in [4.69, 9.17) is 4.74 Å². The molecule has 0 bridgehead atoms. The van der Waals surface area contributed by atoms with Crippen LogP contribution in [0.1, 0.15) is 17.5 Å². The summed E-state index contributed by atoms with van der Waals surface area (Å²) in [6.07, 6.45) is -1.55. The summed E-state index contributed by atoms with van der Waals surface area (Å²) >= 11 is 1.21. The number of anilines is 1. The standard InChI is InChI=1S/C17H20N4O5S/c22-6-11-12(23)13(24)16(26-11)21-9-19-14-15(21)18-8-20-17(14,25)27-7-10-4-2-1-3-5-10/h1-5,8-9,11-13,16,22-25H,6-7H2,(H,18,20)/t11-,12-,13-,16-,17?/m1/s1. The van der Waals surface area contributed by atoms with Gasteiger partial charge in [-0.2, -0.15) is 0 Å². The number of aliphatic hydroxyl groups is 4. The summed E-state index contributed by atoms with van der Waals surface area (Å²) < 4.78 is 7.03. The van der Waals surface area contributed by atoms with Crippen molar-refractivity contribution < 1.29 is 25.2 Å². The van der Waals surface area contributed by atoms with E-state index in [9.17, 15) is 20.4 Å². The molecule has 0 amide bonds. The molecule has 0 aliphatic carbocycles. The molecule has 1 fully saturated rings. The summed E-state index contributed by atoms with van der Waals surface area (Å²) in [5.41, 5.74) is 1.32. The van der Waals surface area contributed by atoms with Crippen LogP contribution in [-0.4, -0.2) is 61.2 Å². The van der Waals surface area contributed by atoms with Crippen molar-refractivity contribution in [3.63, 3.8) is 0 Å². The van der Waals surface area contributed by atoms with Gasteiger partial charge in [0.1, 0.15) is 29.8 Å². The second-order valence-electron chi connectivity index (χ2n) is 6.36. The van der Waals surface area contributed by atoms with Gasteiger partial charge in [0.25, 0.3) is 5.06 Å². The number of aliphatic imine (C=N–C) groups is 1. The number of fused-ring (bicyclic) bond motifs is 1. The first-order chi connectivity index (χ1) is 13.0. The van der Waals surface area contributed by atoms with E-state index in [-0.39, 0.29) is 5.69 Å². The predicted octanol–water partition coefficient (Wildman–Crippen LogP) is -0.0156. The maximum absolute atomic E-state index is 11.0. The summed E-state index contributed by atoms with van der Waals surface area (Å²) in [5.74, 6) is 0.928. The van der Waals surface area contributed by atoms with Crippen molar-refractivity contribution in [2.75, 3.05) is 11.9 Å². The first kappa shape index (κ1) is 18.4. The molecule has 2 aliphatic rings. The molecular formula is C17H20N4O5S. The highest BCUT2D eigenvalue weighted by Gasteiger charge is 2.46. The maximum atomic E-state index is 11.0. The number of rotatable bonds is 5. The van der Waals surface area contributed by atoms with Gasteiger partial charge in [0.05, 0.1) is 19.3 Å². The van der Waals surface area contributed by atoms with Crippen molar-refractivity contribution in [1.29, 1.82) is 0 Å². The lowest BCUT2D eigenvalue weighted by molar-refractivity contribution is -0.0519. The first-order valence-electron chi connectivity index (χ1n) is 8.44. The molecule has 0 spiro atoms. The number of hydrogen-bond acceptors (Lipinski definition) is 9.